The van der Waals surface area contributed by atoms with Crippen molar-refractivity contribution < 1.29 is 31.1 Å². The molecular formula is C17H15ClF3NO4S. The lowest BCUT2D eigenvalue weighted by Crippen LogP contribution is -2.09. The highest BCUT2D eigenvalue weighted by atomic mass is 35.5. The minimum absolute atomic E-state index is 0.00944. The molecule has 2 aromatic rings. The Morgan fingerprint density at radius 1 is 1.15 bits per heavy atom. The van der Waals surface area contributed by atoms with Gasteiger partial charge in [0.25, 0.3) is 0 Å². The fourth-order valence-corrected chi connectivity index (χ4v) is 3.35. The van der Waals surface area contributed by atoms with Crippen LogP contribution in [0.25, 0.3) is 0 Å². The predicted molar refractivity (Wildman–Crippen MR) is 95.2 cm³/mol. The van der Waals surface area contributed by atoms with Crippen LogP contribution in [0.15, 0.2) is 41.3 Å². The molecule has 0 spiro atoms. The summed E-state index contributed by atoms with van der Waals surface area (Å²) in [5.41, 5.74) is -0.949. The molecule has 0 saturated carbocycles. The van der Waals surface area contributed by atoms with Gasteiger partial charge in [-0.05, 0) is 36.4 Å². The maximum atomic E-state index is 13.0. The number of benzene rings is 2. The van der Waals surface area contributed by atoms with Crippen LogP contribution in [0, 0.1) is 0 Å². The van der Waals surface area contributed by atoms with Crippen LogP contribution in [0.5, 0.6) is 5.75 Å². The second-order valence-electron chi connectivity index (χ2n) is 5.47. The minimum atomic E-state index is -4.60. The first kappa shape index (κ1) is 21.0. The SMILES string of the molecule is CCS(=O)(=O)c1ccc(Nc2cc(C(F)(F)F)ccc2OC(C)=O)c(Cl)c1. The van der Waals surface area contributed by atoms with E-state index in [4.69, 9.17) is 16.3 Å². The third kappa shape index (κ3) is 5.14. The van der Waals surface area contributed by atoms with Crippen LogP contribution < -0.4 is 10.1 Å². The summed E-state index contributed by atoms with van der Waals surface area (Å²) in [6.07, 6.45) is -4.60. The van der Waals surface area contributed by atoms with Gasteiger partial charge in [-0.3, -0.25) is 4.79 Å². The van der Waals surface area contributed by atoms with E-state index in [0.29, 0.717) is 0 Å². The standard InChI is InChI=1S/C17H15ClF3NO4S/c1-3-27(24,25)12-5-6-14(13(18)9-12)22-15-8-11(17(19,20)21)4-7-16(15)26-10(2)23/h4-9,22H,3H2,1-2H3. The van der Waals surface area contributed by atoms with Crippen LogP contribution in [0.4, 0.5) is 24.5 Å². The summed E-state index contributed by atoms with van der Waals surface area (Å²) in [7, 11) is -3.49. The number of carbonyl (C=O) groups excluding carboxylic acids is 1. The van der Waals surface area contributed by atoms with E-state index in [-0.39, 0.29) is 32.8 Å². The molecule has 0 aliphatic rings. The second kappa shape index (κ2) is 7.77. The van der Waals surface area contributed by atoms with Crippen LogP contribution in [0.1, 0.15) is 19.4 Å². The highest BCUT2D eigenvalue weighted by molar-refractivity contribution is 7.91. The summed E-state index contributed by atoms with van der Waals surface area (Å²) in [5.74, 6) is -0.967. The first-order chi connectivity index (χ1) is 12.4. The lowest BCUT2D eigenvalue weighted by atomic mass is 10.1. The van der Waals surface area contributed by atoms with Crippen LogP contribution in [-0.4, -0.2) is 20.1 Å². The smallest absolute Gasteiger partial charge is 0.416 e. The molecule has 2 aromatic carbocycles. The van der Waals surface area contributed by atoms with E-state index < -0.39 is 27.5 Å². The fourth-order valence-electron chi connectivity index (χ4n) is 2.15. The van der Waals surface area contributed by atoms with E-state index >= 15 is 0 Å². The van der Waals surface area contributed by atoms with E-state index in [1.807, 2.05) is 0 Å². The molecule has 0 atom stereocenters. The summed E-state index contributed by atoms with van der Waals surface area (Å²) in [4.78, 5) is 11.2. The first-order valence-corrected chi connectivity index (χ1v) is 9.66. The summed E-state index contributed by atoms with van der Waals surface area (Å²) < 4.78 is 67.6. The van der Waals surface area contributed by atoms with Gasteiger partial charge in [-0.15, -0.1) is 0 Å². The van der Waals surface area contributed by atoms with Gasteiger partial charge in [0.1, 0.15) is 0 Å². The maximum Gasteiger partial charge on any atom is 0.416 e. The Morgan fingerprint density at radius 2 is 1.81 bits per heavy atom. The number of sulfone groups is 1. The second-order valence-corrected chi connectivity index (χ2v) is 8.16. The van der Waals surface area contributed by atoms with Crippen LogP contribution >= 0.6 is 11.6 Å². The van der Waals surface area contributed by atoms with Crippen LogP contribution in [-0.2, 0) is 20.8 Å². The normalized spacial score (nSPS) is 11.9. The van der Waals surface area contributed by atoms with Gasteiger partial charge in [-0.25, -0.2) is 8.42 Å². The molecule has 10 heteroatoms. The number of halogens is 4. The molecule has 0 amide bonds. The molecule has 0 aliphatic carbocycles. The summed E-state index contributed by atoms with van der Waals surface area (Å²) in [6.45, 7) is 2.59. The third-order valence-corrected chi connectivity index (χ3v) is 5.55. The van der Waals surface area contributed by atoms with Crippen molar-refractivity contribution in [1.29, 1.82) is 0 Å². The number of rotatable bonds is 5. The van der Waals surface area contributed by atoms with Crippen molar-refractivity contribution in [3.8, 4) is 5.75 Å². The van der Waals surface area contributed by atoms with Gasteiger partial charge in [-0.2, -0.15) is 13.2 Å². The molecule has 0 radical (unpaired) electrons. The molecule has 146 valence electrons. The van der Waals surface area contributed by atoms with Crippen molar-refractivity contribution in [3.05, 3.63) is 47.0 Å². The molecule has 2 rings (SSSR count). The molecule has 27 heavy (non-hydrogen) atoms. The topological polar surface area (TPSA) is 72.5 Å². The summed E-state index contributed by atoms with van der Waals surface area (Å²) >= 11 is 6.07. The van der Waals surface area contributed by atoms with Crippen molar-refractivity contribution in [2.24, 2.45) is 0 Å². The Morgan fingerprint density at radius 3 is 2.33 bits per heavy atom. The first-order valence-electron chi connectivity index (χ1n) is 7.63. The monoisotopic (exact) mass is 421 g/mol. The molecule has 0 aromatic heterocycles. The zero-order valence-electron chi connectivity index (χ0n) is 14.2. The summed E-state index contributed by atoms with van der Waals surface area (Å²) in [6, 6.07) is 6.36. The van der Waals surface area contributed by atoms with Gasteiger partial charge in [-0.1, -0.05) is 18.5 Å². The number of esters is 1. The molecule has 0 aliphatic heterocycles. The molecule has 0 bridgehead atoms. The Hall–Kier alpha value is -2.26. The number of carbonyl (C=O) groups is 1. The van der Waals surface area contributed by atoms with Crippen molar-refractivity contribution in [2.45, 2.75) is 24.9 Å². The molecule has 1 N–H and O–H groups in total. The highest BCUT2D eigenvalue weighted by Crippen LogP contribution is 2.38. The Kier molecular flexibility index (Phi) is 6.06. The average molecular weight is 422 g/mol. The van der Waals surface area contributed by atoms with Gasteiger partial charge >= 0.3 is 12.1 Å². The van der Waals surface area contributed by atoms with Crippen molar-refractivity contribution in [2.75, 3.05) is 11.1 Å². The molecule has 0 unspecified atom stereocenters. The van der Waals surface area contributed by atoms with Gasteiger partial charge in [0, 0.05) is 6.92 Å². The van der Waals surface area contributed by atoms with Crippen LogP contribution in [0.2, 0.25) is 5.02 Å². The summed E-state index contributed by atoms with van der Waals surface area (Å²) in [5, 5.41) is 2.63. The number of hydrogen-bond acceptors (Lipinski definition) is 5. The number of anilines is 2. The quantitative estimate of drug-likeness (QED) is 0.553. The molecular weight excluding hydrogens is 407 g/mol. The minimum Gasteiger partial charge on any atom is -0.424 e. The van der Waals surface area contributed by atoms with Gasteiger partial charge < -0.3 is 10.1 Å². The number of nitrogens with one attached hydrogen (secondary N) is 1. The van der Waals surface area contributed by atoms with Crippen LogP contribution in [0.3, 0.4) is 0 Å². The lowest BCUT2D eigenvalue weighted by molar-refractivity contribution is -0.137. The lowest BCUT2D eigenvalue weighted by Gasteiger charge is -2.16. The van der Waals surface area contributed by atoms with E-state index in [1.54, 1.807) is 0 Å². The average Bonchev–Trinajstić information content (AvgIpc) is 2.56. The Balaban J connectivity index is 2.47. The molecule has 0 saturated heterocycles. The predicted octanol–water partition coefficient (Wildman–Crippen LogP) is 4.82. The number of alkyl halides is 3. The Bertz CT molecular complexity index is 975. The van der Waals surface area contributed by atoms with Gasteiger partial charge in [0.05, 0.1) is 32.6 Å². The number of ether oxygens (including phenoxy) is 1. The van der Waals surface area contributed by atoms with E-state index in [0.717, 1.165) is 25.1 Å². The maximum absolute atomic E-state index is 13.0. The van der Waals surface area contributed by atoms with Gasteiger partial charge in [0.2, 0.25) is 0 Å². The van der Waals surface area contributed by atoms with E-state index in [1.165, 1.54) is 25.1 Å². The van der Waals surface area contributed by atoms with Crippen molar-refractivity contribution in [1.82, 2.24) is 0 Å². The largest absolute Gasteiger partial charge is 0.424 e. The van der Waals surface area contributed by atoms with Crippen molar-refractivity contribution >= 4 is 38.8 Å². The molecule has 5 nitrogen and oxygen atoms in total. The Labute approximate surface area is 159 Å². The van der Waals surface area contributed by atoms with Crippen molar-refractivity contribution in [3.63, 3.8) is 0 Å². The van der Waals surface area contributed by atoms with Gasteiger partial charge in [0.15, 0.2) is 15.6 Å². The highest BCUT2D eigenvalue weighted by Gasteiger charge is 2.31. The molecule has 0 fully saturated rings. The molecule has 0 heterocycles. The zero-order valence-corrected chi connectivity index (χ0v) is 15.8. The van der Waals surface area contributed by atoms with E-state index in [2.05, 4.69) is 5.32 Å². The fraction of sp³-hybridized carbons (Fsp3) is 0.235. The number of hydrogen-bond donors (Lipinski definition) is 1. The van der Waals surface area contributed by atoms with E-state index in [9.17, 15) is 26.4 Å². The zero-order chi connectivity index (χ0) is 20.4. The third-order valence-electron chi connectivity index (χ3n) is 3.51.